The lowest BCUT2D eigenvalue weighted by Gasteiger charge is -2.20. The molecule has 0 spiro atoms. The van der Waals surface area contributed by atoms with Crippen molar-refractivity contribution in [1.82, 2.24) is 5.32 Å². The largest absolute Gasteiger partial charge is 0.444 e. The summed E-state index contributed by atoms with van der Waals surface area (Å²) >= 11 is 3.89. The van der Waals surface area contributed by atoms with Crippen molar-refractivity contribution in [1.29, 1.82) is 0 Å². The second-order valence-corrected chi connectivity index (χ2v) is 4.11. The maximum atomic E-state index is 10.9. The van der Waals surface area contributed by atoms with Crippen LogP contribution in [0.25, 0.3) is 0 Å². The summed E-state index contributed by atoms with van der Waals surface area (Å²) in [5.74, 6) is 0. The van der Waals surface area contributed by atoms with Crippen molar-refractivity contribution in [2.24, 2.45) is 0 Å². The highest BCUT2D eigenvalue weighted by molar-refractivity contribution is 7.82. The Labute approximate surface area is 80.1 Å². The number of rotatable bonds is 2. The van der Waals surface area contributed by atoms with Gasteiger partial charge >= 0.3 is 6.09 Å². The van der Waals surface area contributed by atoms with Gasteiger partial charge in [-0.1, -0.05) is 0 Å². The SMILES string of the molecule is [B]C(S)CNC(=O)OC(C)(C)C. The van der Waals surface area contributed by atoms with E-state index < -0.39 is 11.7 Å². The van der Waals surface area contributed by atoms with E-state index in [4.69, 9.17) is 12.6 Å². The summed E-state index contributed by atoms with van der Waals surface area (Å²) in [7, 11) is 5.30. The van der Waals surface area contributed by atoms with Gasteiger partial charge in [-0.3, -0.25) is 0 Å². The summed E-state index contributed by atoms with van der Waals surface area (Å²) in [6.45, 7) is 5.70. The molecule has 5 heteroatoms. The van der Waals surface area contributed by atoms with Crippen LogP contribution in [0.3, 0.4) is 0 Å². The number of thiol groups is 1. The molecule has 1 amide bonds. The van der Waals surface area contributed by atoms with Gasteiger partial charge in [0.25, 0.3) is 0 Å². The van der Waals surface area contributed by atoms with E-state index in [9.17, 15) is 4.79 Å². The van der Waals surface area contributed by atoms with Gasteiger partial charge < -0.3 is 10.1 Å². The van der Waals surface area contributed by atoms with Crippen LogP contribution in [0.1, 0.15) is 20.8 Å². The molecule has 0 aromatic carbocycles. The van der Waals surface area contributed by atoms with E-state index in [0.717, 1.165) is 0 Å². The van der Waals surface area contributed by atoms with Crippen molar-refractivity contribution >= 4 is 26.6 Å². The molecule has 1 atom stereocenters. The zero-order valence-electron chi connectivity index (χ0n) is 7.63. The smallest absolute Gasteiger partial charge is 0.407 e. The van der Waals surface area contributed by atoms with Crippen LogP contribution in [0.15, 0.2) is 0 Å². The van der Waals surface area contributed by atoms with E-state index in [1.165, 1.54) is 0 Å². The molecule has 0 saturated heterocycles. The third kappa shape index (κ3) is 7.79. The normalized spacial score (nSPS) is 13.7. The molecule has 0 fully saturated rings. The summed E-state index contributed by atoms with van der Waals surface area (Å²) in [6, 6.07) is 0. The van der Waals surface area contributed by atoms with Crippen molar-refractivity contribution < 1.29 is 9.53 Å². The fourth-order valence-corrected chi connectivity index (χ4v) is 0.593. The Balaban J connectivity index is 3.61. The molecular weight excluding hydrogens is 173 g/mol. The molecule has 1 N–H and O–H groups in total. The molecule has 0 aromatic heterocycles. The predicted molar refractivity (Wildman–Crippen MR) is 52.8 cm³/mol. The maximum Gasteiger partial charge on any atom is 0.407 e. The lowest BCUT2D eigenvalue weighted by Crippen LogP contribution is -2.35. The van der Waals surface area contributed by atoms with E-state index in [-0.39, 0.29) is 5.15 Å². The van der Waals surface area contributed by atoms with Crippen molar-refractivity contribution in [3.8, 4) is 0 Å². The Kier molecular flexibility index (Phi) is 4.53. The molecule has 12 heavy (non-hydrogen) atoms. The third-order valence-corrected chi connectivity index (χ3v) is 1.04. The minimum absolute atomic E-state index is 0.304. The van der Waals surface area contributed by atoms with Crippen molar-refractivity contribution in [2.75, 3.05) is 6.54 Å². The Morgan fingerprint density at radius 3 is 2.50 bits per heavy atom. The number of nitrogens with one attached hydrogen (secondary N) is 1. The van der Waals surface area contributed by atoms with Crippen molar-refractivity contribution in [3.05, 3.63) is 0 Å². The first-order valence-electron chi connectivity index (χ1n) is 3.72. The number of carbonyl (C=O) groups is 1. The minimum Gasteiger partial charge on any atom is -0.444 e. The summed E-state index contributed by atoms with van der Waals surface area (Å²) < 4.78 is 4.95. The standard InChI is InChI=1S/C7H14BNO2S/c1-7(2,3)11-6(10)9-4-5(8)12/h5,12H,4H2,1-3H3,(H,9,10). The Morgan fingerprint density at radius 2 is 2.17 bits per heavy atom. The second-order valence-electron chi connectivity index (χ2n) is 3.45. The molecule has 0 aromatic rings. The van der Waals surface area contributed by atoms with Gasteiger partial charge in [-0.05, 0) is 25.9 Å². The Hall–Kier alpha value is -0.315. The number of hydrogen-bond acceptors (Lipinski definition) is 3. The molecule has 2 radical (unpaired) electrons. The first-order valence-corrected chi connectivity index (χ1v) is 4.23. The molecule has 0 aliphatic carbocycles. The Bertz CT molecular complexity index is 156. The first kappa shape index (κ1) is 11.7. The van der Waals surface area contributed by atoms with Crippen LogP contribution in [-0.4, -0.2) is 31.2 Å². The number of alkyl carbamates (subject to hydrolysis) is 1. The molecule has 0 heterocycles. The highest BCUT2D eigenvalue weighted by atomic mass is 32.1. The molecule has 3 nitrogen and oxygen atoms in total. The minimum atomic E-state index is -0.467. The van der Waals surface area contributed by atoms with Crippen LogP contribution in [0.5, 0.6) is 0 Å². The van der Waals surface area contributed by atoms with Gasteiger partial charge in [0.1, 0.15) is 5.60 Å². The molecule has 0 aliphatic heterocycles. The predicted octanol–water partition coefficient (Wildman–Crippen LogP) is 0.935. The molecule has 0 bridgehead atoms. The van der Waals surface area contributed by atoms with Crippen LogP contribution >= 0.6 is 12.6 Å². The van der Waals surface area contributed by atoms with E-state index >= 15 is 0 Å². The molecule has 0 rings (SSSR count). The van der Waals surface area contributed by atoms with Gasteiger partial charge in [-0.25, -0.2) is 4.79 Å². The maximum absolute atomic E-state index is 10.9. The summed E-state index contributed by atoms with van der Waals surface area (Å²) in [6.07, 6.45) is -0.466. The summed E-state index contributed by atoms with van der Waals surface area (Å²) in [5.41, 5.74) is -0.467. The van der Waals surface area contributed by atoms with Gasteiger partial charge in [-0.15, -0.1) is 0 Å². The van der Waals surface area contributed by atoms with E-state index in [1.807, 2.05) is 0 Å². The van der Waals surface area contributed by atoms with Crippen LogP contribution in [0.2, 0.25) is 0 Å². The number of hydrogen-bond donors (Lipinski definition) is 2. The van der Waals surface area contributed by atoms with Gasteiger partial charge in [0, 0.05) is 6.54 Å². The van der Waals surface area contributed by atoms with Gasteiger partial charge in [-0.2, -0.15) is 12.6 Å². The van der Waals surface area contributed by atoms with Crippen LogP contribution in [-0.2, 0) is 4.74 Å². The quantitative estimate of drug-likeness (QED) is 0.498. The zero-order chi connectivity index (χ0) is 9.78. The zero-order valence-corrected chi connectivity index (χ0v) is 8.52. The van der Waals surface area contributed by atoms with Crippen LogP contribution < -0.4 is 5.32 Å². The monoisotopic (exact) mass is 187 g/mol. The lowest BCUT2D eigenvalue weighted by molar-refractivity contribution is 0.0530. The average Bonchev–Trinajstić information content (AvgIpc) is 1.79. The fraction of sp³-hybridized carbons (Fsp3) is 0.857. The second kappa shape index (κ2) is 4.65. The number of ether oxygens (including phenoxy) is 1. The van der Waals surface area contributed by atoms with Gasteiger partial charge in [0.05, 0.1) is 7.85 Å². The topological polar surface area (TPSA) is 38.3 Å². The first-order chi connectivity index (χ1) is 5.31. The van der Waals surface area contributed by atoms with Crippen LogP contribution in [0, 0.1) is 0 Å². The Morgan fingerprint density at radius 1 is 1.67 bits per heavy atom. The summed E-state index contributed by atoms with van der Waals surface area (Å²) in [4.78, 5) is 10.9. The lowest BCUT2D eigenvalue weighted by atomic mass is 10.1. The molecule has 0 saturated carbocycles. The third-order valence-electron chi connectivity index (χ3n) is 0.854. The van der Waals surface area contributed by atoms with Crippen molar-refractivity contribution in [2.45, 2.75) is 31.5 Å². The highest BCUT2D eigenvalue weighted by Crippen LogP contribution is 2.06. The van der Waals surface area contributed by atoms with E-state index in [2.05, 4.69) is 17.9 Å². The highest BCUT2D eigenvalue weighted by Gasteiger charge is 2.15. The van der Waals surface area contributed by atoms with Gasteiger partial charge in [0.15, 0.2) is 0 Å². The average molecular weight is 187 g/mol. The summed E-state index contributed by atoms with van der Waals surface area (Å²) in [5, 5.41) is 2.13. The van der Waals surface area contributed by atoms with Crippen molar-refractivity contribution in [3.63, 3.8) is 0 Å². The van der Waals surface area contributed by atoms with E-state index in [0.29, 0.717) is 6.54 Å². The van der Waals surface area contributed by atoms with Gasteiger partial charge in [0.2, 0.25) is 0 Å². The van der Waals surface area contributed by atoms with Crippen LogP contribution in [0.4, 0.5) is 4.79 Å². The molecular formula is C7H14BNO2S. The molecule has 68 valence electrons. The number of carbonyl (C=O) groups excluding carboxylic acids is 1. The molecule has 1 unspecified atom stereocenters. The fourth-order valence-electron chi connectivity index (χ4n) is 0.502. The molecule has 0 aliphatic rings. The van der Waals surface area contributed by atoms with E-state index in [1.54, 1.807) is 20.8 Å². The number of amides is 1.